The number of rotatable bonds is 3. The van der Waals surface area contributed by atoms with E-state index in [4.69, 9.17) is 9.97 Å². The molecule has 5 heteroatoms. The normalized spacial score (nSPS) is 14.2. The lowest BCUT2D eigenvalue weighted by Gasteiger charge is -2.20. The number of hydrogen-bond donors (Lipinski definition) is 1. The number of anilines is 1. The summed E-state index contributed by atoms with van der Waals surface area (Å²) in [6.45, 7) is 1.91. The number of carboxylic acid groups (broad SMARTS) is 1. The first-order chi connectivity index (χ1) is 11.7. The first kappa shape index (κ1) is 14.6. The fourth-order valence-electron chi connectivity index (χ4n) is 3.12. The maximum Gasteiger partial charge on any atom is 0.335 e. The number of fused-ring (bicyclic) bond motifs is 1. The third kappa shape index (κ3) is 2.58. The lowest BCUT2D eigenvalue weighted by Crippen LogP contribution is -2.20. The molecule has 0 aliphatic carbocycles. The van der Waals surface area contributed by atoms with Crippen molar-refractivity contribution >= 4 is 22.8 Å². The van der Waals surface area contributed by atoms with E-state index in [1.54, 1.807) is 18.2 Å². The van der Waals surface area contributed by atoms with Gasteiger partial charge in [-0.1, -0.05) is 30.3 Å². The summed E-state index contributed by atoms with van der Waals surface area (Å²) >= 11 is 0. The molecule has 0 amide bonds. The number of carbonyl (C=O) groups is 1. The highest BCUT2D eigenvalue weighted by Crippen LogP contribution is 2.31. The van der Waals surface area contributed by atoms with E-state index in [1.807, 2.05) is 30.3 Å². The molecule has 1 saturated heterocycles. The van der Waals surface area contributed by atoms with Gasteiger partial charge in [-0.25, -0.2) is 14.8 Å². The zero-order chi connectivity index (χ0) is 16.5. The minimum atomic E-state index is -0.950. The summed E-state index contributed by atoms with van der Waals surface area (Å²) in [4.78, 5) is 23.0. The topological polar surface area (TPSA) is 66.3 Å². The van der Waals surface area contributed by atoms with E-state index in [9.17, 15) is 9.90 Å². The monoisotopic (exact) mass is 319 g/mol. The summed E-state index contributed by atoms with van der Waals surface area (Å²) in [6.07, 6.45) is 2.28. The molecule has 1 aromatic heterocycles. The molecular formula is C19H17N3O2. The molecule has 0 bridgehead atoms. The van der Waals surface area contributed by atoms with Crippen molar-refractivity contribution in [1.82, 2.24) is 9.97 Å². The summed E-state index contributed by atoms with van der Waals surface area (Å²) < 4.78 is 0. The number of hydrogen-bond acceptors (Lipinski definition) is 4. The molecule has 0 spiro atoms. The van der Waals surface area contributed by atoms with Gasteiger partial charge in [0.2, 0.25) is 0 Å². The van der Waals surface area contributed by atoms with E-state index in [1.165, 1.54) is 0 Å². The molecule has 0 radical (unpaired) electrons. The molecule has 2 aromatic carbocycles. The summed E-state index contributed by atoms with van der Waals surface area (Å²) in [5, 5.41) is 9.20. The molecular weight excluding hydrogens is 302 g/mol. The zero-order valence-electron chi connectivity index (χ0n) is 13.1. The van der Waals surface area contributed by atoms with Crippen LogP contribution in [-0.4, -0.2) is 34.1 Å². The summed E-state index contributed by atoms with van der Waals surface area (Å²) in [7, 11) is 0. The molecule has 1 fully saturated rings. The van der Waals surface area contributed by atoms with Gasteiger partial charge in [-0.15, -0.1) is 0 Å². The van der Waals surface area contributed by atoms with E-state index in [0.717, 1.165) is 43.0 Å². The van der Waals surface area contributed by atoms with Gasteiger partial charge in [-0.2, -0.15) is 0 Å². The second-order valence-electron chi connectivity index (χ2n) is 5.96. The highest BCUT2D eigenvalue weighted by molar-refractivity contribution is 5.93. The molecule has 1 aliphatic heterocycles. The predicted octanol–water partition coefficient (Wildman–Crippen LogP) is 3.60. The Bertz CT molecular complexity index is 903. The van der Waals surface area contributed by atoms with Crippen LogP contribution < -0.4 is 4.90 Å². The third-order valence-corrected chi connectivity index (χ3v) is 4.35. The fraction of sp³-hybridized carbons (Fsp3) is 0.211. The van der Waals surface area contributed by atoms with Gasteiger partial charge in [0.1, 0.15) is 5.69 Å². The van der Waals surface area contributed by atoms with E-state index in [-0.39, 0.29) is 5.56 Å². The molecule has 3 aromatic rings. The van der Waals surface area contributed by atoms with Crippen LogP contribution in [0.2, 0.25) is 0 Å². The molecule has 120 valence electrons. The molecule has 0 atom stereocenters. The lowest BCUT2D eigenvalue weighted by atomic mass is 10.1. The molecule has 0 saturated carbocycles. The van der Waals surface area contributed by atoms with Crippen molar-refractivity contribution in [2.24, 2.45) is 0 Å². The second kappa shape index (κ2) is 5.92. The van der Waals surface area contributed by atoms with Crippen LogP contribution >= 0.6 is 0 Å². The maximum atomic E-state index is 11.2. The molecule has 2 heterocycles. The van der Waals surface area contributed by atoms with Gasteiger partial charge in [-0.05, 0) is 31.0 Å². The van der Waals surface area contributed by atoms with Gasteiger partial charge in [0.05, 0.1) is 16.6 Å². The maximum absolute atomic E-state index is 11.2. The van der Waals surface area contributed by atoms with Crippen molar-refractivity contribution in [3.05, 3.63) is 54.1 Å². The Morgan fingerprint density at radius 2 is 1.71 bits per heavy atom. The molecule has 1 N–H and O–H groups in total. The predicted molar refractivity (Wildman–Crippen MR) is 93.4 cm³/mol. The third-order valence-electron chi connectivity index (χ3n) is 4.35. The van der Waals surface area contributed by atoms with Gasteiger partial charge in [0.25, 0.3) is 0 Å². The van der Waals surface area contributed by atoms with Gasteiger partial charge < -0.3 is 10.0 Å². The summed E-state index contributed by atoms with van der Waals surface area (Å²) in [5.74, 6) is -0.109. The number of benzene rings is 2. The average Bonchev–Trinajstić information content (AvgIpc) is 3.15. The Labute approximate surface area is 139 Å². The Morgan fingerprint density at radius 3 is 2.42 bits per heavy atom. The number of carboxylic acids is 1. The Morgan fingerprint density at radius 1 is 0.958 bits per heavy atom. The largest absolute Gasteiger partial charge is 0.478 e. The highest BCUT2D eigenvalue weighted by Gasteiger charge is 2.20. The van der Waals surface area contributed by atoms with Crippen molar-refractivity contribution in [1.29, 1.82) is 0 Å². The van der Waals surface area contributed by atoms with Crippen LogP contribution in [0.3, 0.4) is 0 Å². The van der Waals surface area contributed by atoms with E-state index < -0.39 is 5.97 Å². The van der Waals surface area contributed by atoms with Crippen LogP contribution in [-0.2, 0) is 0 Å². The quantitative estimate of drug-likeness (QED) is 0.799. The number of aromatic carboxylic acids is 1. The second-order valence-corrected chi connectivity index (χ2v) is 5.96. The summed E-state index contributed by atoms with van der Waals surface area (Å²) in [6, 6.07) is 14.9. The van der Waals surface area contributed by atoms with Crippen LogP contribution in [0.25, 0.3) is 22.3 Å². The van der Waals surface area contributed by atoms with Gasteiger partial charge in [-0.3, -0.25) is 0 Å². The average molecular weight is 319 g/mol. The highest BCUT2D eigenvalue weighted by atomic mass is 16.4. The van der Waals surface area contributed by atoms with Gasteiger partial charge in [0.15, 0.2) is 5.82 Å². The minimum absolute atomic E-state index is 0.233. The van der Waals surface area contributed by atoms with Crippen molar-refractivity contribution in [2.75, 3.05) is 18.0 Å². The van der Waals surface area contributed by atoms with Crippen LogP contribution in [0.5, 0.6) is 0 Å². The van der Waals surface area contributed by atoms with Crippen molar-refractivity contribution in [3.8, 4) is 11.3 Å². The van der Waals surface area contributed by atoms with Crippen LogP contribution in [0, 0.1) is 0 Å². The van der Waals surface area contributed by atoms with Crippen molar-refractivity contribution in [2.45, 2.75) is 12.8 Å². The van der Waals surface area contributed by atoms with Crippen LogP contribution in [0.1, 0.15) is 23.2 Å². The van der Waals surface area contributed by atoms with Crippen molar-refractivity contribution < 1.29 is 9.90 Å². The smallest absolute Gasteiger partial charge is 0.335 e. The standard InChI is InChI=1S/C19H17N3O2/c23-19(24)14-8-9-15-16(12-14)21-18(22-10-4-5-11-22)17(20-15)13-6-2-1-3-7-13/h1-3,6-9,12H,4-5,10-11H2,(H,23,24). The number of aromatic nitrogens is 2. The first-order valence-corrected chi connectivity index (χ1v) is 8.08. The minimum Gasteiger partial charge on any atom is -0.478 e. The molecule has 5 nitrogen and oxygen atoms in total. The fourth-order valence-corrected chi connectivity index (χ4v) is 3.12. The number of nitrogens with zero attached hydrogens (tertiary/aromatic N) is 3. The van der Waals surface area contributed by atoms with E-state index >= 15 is 0 Å². The van der Waals surface area contributed by atoms with Crippen LogP contribution in [0.4, 0.5) is 5.82 Å². The van der Waals surface area contributed by atoms with Crippen molar-refractivity contribution in [3.63, 3.8) is 0 Å². The molecule has 1 aliphatic rings. The Hall–Kier alpha value is -2.95. The van der Waals surface area contributed by atoms with Gasteiger partial charge >= 0.3 is 5.97 Å². The molecule has 4 rings (SSSR count). The first-order valence-electron chi connectivity index (χ1n) is 8.08. The molecule has 24 heavy (non-hydrogen) atoms. The Balaban J connectivity index is 1.93. The van der Waals surface area contributed by atoms with Crippen LogP contribution in [0.15, 0.2) is 48.5 Å². The SMILES string of the molecule is O=C(O)c1ccc2nc(-c3ccccc3)c(N3CCCC3)nc2c1. The summed E-state index contributed by atoms with van der Waals surface area (Å²) in [5.41, 5.74) is 3.44. The molecule has 0 unspecified atom stereocenters. The zero-order valence-corrected chi connectivity index (χ0v) is 13.1. The van der Waals surface area contributed by atoms with E-state index in [0.29, 0.717) is 11.0 Å². The Kier molecular flexibility index (Phi) is 3.61. The van der Waals surface area contributed by atoms with E-state index in [2.05, 4.69) is 4.90 Å². The lowest BCUT2D eigenvalue weighted by molar-refractivity contribution is 0.0697. The van der Waals surface area contributed by atoms with Gasteiger partial charge in [0, 0.05) is 18.7 Å².